The lowest BCUT2D eigenvalue weighted by molar-refractivity contribution is 0.0645. The molecule has 0 unspecified atom stereocenters. The highest BCUT2D eigenvalue weighted by molar-refractivity contribution is 6.72. The van der Waals surface area contributed by atoms with Crippen LogP contribution in [0.4, 0.5) is 0 Å². The van der Waals surface area contributed by atoms with Crippen LogP contribution in [-0.2, 0) is 5.41 Å². The van der Waals surface area contributed by atoms with E-state index in [0.29, 0.717) is 23.0 Å². The fourth-order valence-corrected chi connectivity index (χ4v) is 18.2. The van der Waals surface area contributed by atoms with Crippen molar-refractivity contribution in [2.75, 3.05) is 14.2 Å². The Morgan fingerprint density at radius 3 is 1.36 bits per heavy atom. The number of methoxy groups -OCH3 is 2. The summed E-state index contributed by atoms with van der Waals surface area (Å²) in [6.45, 7) is 19.2. The van der Waals surface area contributed by atoms with Gasteiger partial charge in [0.2, 0.25) is 16.6 Å². The SMILES string of the molecule is COc1cc2c3c(c4c(c2cc1OC)-c1ccc(-c2ccccc2)cc1C41CC(C)(C)CC(C)(C)C1)/C=C\c1ccc(cc1)Oc1ccc(cc1)O[Si](C)(C)CCCCCCCCCC[Si](C)(C)Oc1ccc(cc1)Oc1ccc(cc1)O3. The van der Waals surface area contributed by atoms with E-state index in [1.165, 1.54) is 84.7 Å². The average Bonchev–Trinajstić information content (AvgIpc) is 1.63. The maximum atomic E-state index is 7.45. The summed E-state index contributed by atoms with van der Waals surface area (Å²) >= 11 is 0. The summed E-state index contributed by atoms with van der Waals surface area (Å²) < 4.78 is 46.1. The van der Waals surface area contributed by atoms with Gasteiger partial charge in [-0.3, -0.25) is 0 Å². The Labute approximate surface area is 496 Å². The molecule has 9 heteroatoms. The van der Waals surface area contributed by atoms with E-state index >= 15 is 0 Å². The van der Waals surface area contributed by atoms with Crippen molar-refractivity contribution in [3.63, 3.8) is 0 Å². The lowest BCUT2D eigenvalue weighted by atomic mass is 9.52. The van der Waals surface area contributed by atoms with Gasteiger partial charge in [0, 0.05) is 16.4 Å². The van der Waals surface area contributed by atoms with E-state index in [4.69, 9.17) is 32.5 Å². The van der Waals surface area contributed by atoms with Crippen LogP contribution in [0.5, 0.6) is 57.5 Å². The van der Waals surface area contributed by atoms with E-state index < -0.39 is 22.0 Å². The first kappa shape index (κ1) is 57.6. The summed E-state index contributed by atoms with van der Waals surface area (Å²) in [7, 11) is -0.385. The monoisotopic (exact) mass is 1140 g/mol. The Bertz CT molecular complexity index is 3570. The van der Waals surface area contributed by atoms with Crippen molar-refractivity contribution in [1.82, 2.24) is 0 Å². The summed E-state index contributed by atoms with van der Waals surface area (Å²) in [5.74, 6) is 7.54. The number of rotatable bonds is 3. The van der Waals surface area contributed by atoms with Crippen molar-refractivity contribution in [1.29, 1.82) is 0 Å². The second-order valence-electron chi connectivity index (χ2n) is 26.5. The Morgan fingerprint density at radius 2 is 0.867 bits per heavy atom. The van der Waals surface area contributed by atoms with Crippen molar-refractivity contribution < 1.29 is 32.5 Å². The first-order chi connectivity index (χ1) is 39.9. The van der Waals surface area contributed by atoms with E-state index in [1.54, 1.807) is 14.2 Å². The van der Waals surface area contributed by atoms with Gasteiger partial charge in [0.05, 0.1) is 14.2 Å². The molecular formula is C74H84O7Si2. The fourth-order valence-electron chi connectivity index (χ4n) is 14.3. The topological polar surface area (TPSA) is 64.6 Å². The average molecular weight is 1140 g/mol. The van der Waals surface area contributed by atoms with E-state index in [2.05, 4.69) is 163 Å². The molecule has 16 rings (SSSR count). The highest BCUT2D eigenvalue weighted by atomic mass is 28.4. The third-order valence-electron chi connectivity index (χ3n) is 17.3. The van der Waals surface area contributed by atoms with Gasteiger partial charge in [-0.25, -0.2) is 0 Å². The van der Waals surface area contributed by atoms with Gasteiger partial charge in [0.15, 0.2) is 11.5 Å². The molecule has 0 aromatic heterocycles. The van der Waals surface area contributed by atoms with Crippen LogP contribution in [0.3, 0.4) is 0 Å². The van der Waals surface area contributed by atoms with Gasteiger partial charge >= 0.3 is 0 Å². The van der Waals surface area contributed by atoms with Crippen LogP contribution in [0.25, 0.3) is 45.2 Å². The highest BCUT2D eigenvalue weighted by Gasteiger charge is 2.55. The zero-order valence-corrected chi connectivity index (χ0v) is 52.7. The molecule has 0 atom stereocenters. The van der Waals surface area contributed by atoms with Crippen LogP contribution in [0.1, 0.15) is 121 Å². The Kier molecular flexibility index (Phi) is 16.5. The molecule has 430 valence electrons. The molecule has 6 heterocycles. The van der Waals surface area contributed by atoms with Crippen molar-refractivity contribution in [2.24, 2.45) is 10.8 Å². The molecular weight excluding hydrogens is 1060 g/mol. The standard InChI is InChI=1S/C74H84O7Si2/c1-72(2)49-73(3,4)51-74(50-72)66-46-54(53-22-18-17-19-23-53)27-43-62(66)69-64-47-67(75-5)68(76-6)48-65(64)71-63(70(69)74)42-26-52-24-28-55(29-25-52)77-57-34-38-60(39-35-57)80-82(7,8)44-20-15-13-11-12-14-16-21-45-83(9,10)81-61-40-36-58(37-41-61)78-56-30-32-59(79-71)33-31-56/h17-19,22-43,46-48H,11-16,20-21,44-45,49-51H2,1-10H3/b42-26-. The van der Waals surface area contributed by atoms with Crippen molar-refractivity contribution >= 4 is 39.6 Å². The molecule has 6 aliphatic heterocycles. The molecule has 8 bridgehead atoms. The van der Waals surface area contributed by atoms with Crippen LogP contribution in [-0.4, -0.2) is 30.9 Å². The van der Waals surface area contributed by atoms with Gasteiger partial charge < -0.3 is 32.5 Å². The van der Waals surface area contributed by atoms with Crippen molar-refractivity contribution in [3.8, 4) is 79.7 Å². The first-order valence-electron chi connectivity index (χ1n) is 30.3. The second-order valence-corrected chi connectivity index (χ2v) is 34.9. The van der Waals surface area contributed by atoms with Crippen LogP contribution < -0.4 is 32.5 Å². The summed E-state index contributed by atoms with van der Waals surface area (Å²) in [5, 5.41) is 1.98. The molecule has 8 aromatic rings. The smallest absolute Gasteiger partial charge is 0.245 e. The Morgan fingerprint density at radius 1 is 0.422 bits per heavy atom. The van der Waals surface area contributed by atoms with Crippen LogP contribution in [0.15, 0.2) is 158 Å². The van der Waals surface area contributed by atoms with Crippen molar-refractivity contribution in [3.05, 3.63) is 180 Å². The number of hydrogen-bond donors (Lipinski definition) is 0. The van der Waals surface area contributed by atoms with Gasteiger partial charge in [-0.15, -0.1) is 0 Å². The maximum Gasteiger partial charge on any atom is 0.245 e. The third kappa shape index (κ3) is 13.1. The number of fused-ring (bicyclic) bond motifs is 9. The van der Waals surface area contributed by atoms with Gasteiger partial charge in [-0.1, -0.05) is 146 Å². The molecule has 8 aromatic carbocycles. The third-order valence-corrected chi connectivity index (χ3v) is 22.0. The Hall–Kier alpha value is -7.21. The summed E-state index contributed by atoms with van der Waals surface area (Å²) in [4.78, 5) is 0. The van der Waals surface area contributed by atoms with E-state index in [-0.39, 0.29) is 10.8 Å². The van der Waals surface area contributed by atoms with Gasteiger partial charge in [-0.05, 0) is 216 Å². The predicted octanol–water partition coefficient (Wildman–Crippen LogP) is 21.9. The van der Waals surface area contributed by atoms with E-state index in [0.717, 1.165) is 87.7 Å². The summed E-state index contributed by atoms with van der Waals surface area (Å²) in [6.07, 6.45) is 17.7. The van der Waals surface area contributed by atoms with E-state index in [1.807, 2.05) is 60.7 Å². The molecule has 0 radical (unpaired) electrons. The number of benzene rings is 8. The minimum absolute atomic E-state index is 0.00528. The maximum absolute atomic E-state index is 7.45. The van der Waals surface area contributed by atoms with Crippen LogP contribution in [0.2, 0.25) is 38.3 Å². The first-order valence-corrected chi connectivity index (χ1v) is 36.6. The number of ether oxygens (including phenoxy) is 5. The quantitative estimate of drug-likeness (QED) is 0.163. The molecule has 8 aliphatic rings. The lowest BCUT2D eigenvalue weighted by Crippen LogP contribution is -2.44. The van der Waals surface area contributed by atoms with Gasteiger partial charge in [0.1, 0.15) is 46.0 Å². The highest BCUT2D eigenvalue weighted by Crippen LogP contribution is 2.67. The molecule has 7 nitrogen and oxygen atoms in total. The molecule has 1 spiro atoms. The Balaban J connectivity index is 1.03. The minimum atomic E-state index is -1.91. The molecule has 0 N–H and O–H groups in total. The normalized spacial score (nSPS) is 18.7. The molecule has 83 heavy (non-hydrogen) atoms. The molecule has 2 aliphatic carbocycles. The van der Waals surface area contributed by atoms with E-state index in [9.17, 15) is 0 Å². The second kappa shape index (κ2) is 23.8. The van der Waals surface area contributed by atoms with Crippen molar-refractivity contribution in [2.45, 2.75) is 142 Å². The van der Waals surface area contributed by atoms with Gasteiger partial charge in [0.25, 0.3) is 0 Å². The largest absolute Gasteiger partial charge is 0.544 e. The zero-order valence-electron chi connectivity index (χ0n) is 50.7. The molecule has 0 saturated heterocycles. The predicted molar refractivity (Wildman–Crippen MR) is 348 cm³/mol. The number of hydrogen-bond acceptors (Lipinski definition) is 7. The molecule has 1 fully saturated rings. The minimum Gasteiger partial charge on any atom is -0.544 e. The fraction of sp³-hybridized carbons (Fsp3) is 0.351. The summed E-state index contributed by atoms with van der Waals surface area (Å²) in [5.41, 5.74) is 9.20. The van der Waals surface area contributed by atoms with Crippen LogP contribution in [0, 0.1) is 10.8 Å². The summed E-state index contributed by atoms with van der Waals surface area (Å²) in [6, 6.07) is 57.2. The molecule has 1 saturated carbocycles. The zero-order chi connectivity index (χ0) is 58.0. The van der Waals surface area contributed by atoms with Gasteiger partial charge in [-0.2, -0.15) is 0 Å². The van der Waals surface area contributed by atoms with Crippen LogP contribution >= 0.6 is 0 Å². The molecule has 0 amide bonds. The lowest BCUT2D eigenvalue weighted by Gasteiger charge is -2.52.